The number of hydrazine groups is 1. The molecule has 0 radical (unpaired) electrons. The highest BCUT2D eigenvalue weighted by Gasteiger charge is 2.33. The van der Waals surface area contributed by atoms with Gasteiger partial charge in [0.25, 0.3) is 5.91 Å². The van der Waals surface area contributed by atoms with Crippen LogP contribution in [0.2, 0.25) is 0 Å². The lowest BCUT2D eigenvalue weighted by molar-refractivity contribution is -0.121. The lowest BCUT2D eigenvalue weighted by atomic mass is 9.91. The predicted octanol–water partition coefficient (Wildman–Crippen LogP) is 3.48. The molecule has 0 saturated heterocycles. The molecule has 0 unspecified atom stereocenters. The number of amidine groups is 1. The highest BCUT2D eigenvalue weighted by Crippen LogP contribution is 2.40. The predicted molar refractivity (Wildman–Crippen MR) is 118 cm³/mol. The van der Waals surface area contributed by atoms with Crippen molar-refractivity contribution >= 4 is 17.4 Å². The molecule has 0 spiro atoms. The second kappa shape index (κ2) is 8.39. The van der Waals surface area contributed by atoms with Crippen molar-refractivity contribution in [2.75, 3.05) is 13.7 Å². The summed E-state index contributed by atoms with van der Waals surface area (Å²) in [5, 5.41) is 0. The number of nitrogens with one attached hydrogen (secondary N) is 1. The molecule has 30 heavy (non-hydrogen) atoms. The van der Waals surface area contributed by atoms with E-state index in [0.29, 0.717) is 5.84 Å². The van der Waals surface area contributed by atoms with Crippen molar-refractivity contribution < 1.29 is 9.53 Å². The summed E-state index contributed by atoms with van der Waals surface area (Å²) < 4.78 is 5.41. The standard InChI is InChI=1S/C24H24N4O2/c1-16-11-12-21-20(13-16)23(17-7-4-3-5-8-17)28(15-22(29)27-25)24(26-21)18-9-6-10-19(14-18)30-2/h3-14,23H,15,25H2,1-2H3,(H,27,29)/t23-/m1/s1. The Hall–Kier alpha value is -3.64. The van der Waals surface area contributed by atoms with Gasteiger partial charge in [-0.3, -0.25) is 10.2 Å². The molecule has 1 aliphatic rings. The van der Waals surface area contributed by atoms with Gasteiger partial charge in [0.2, 0.25) is 0 Å². The fraction of sp³-hybridized carbons (Fsp3) is 0.167. The Kier molecular flexibility index (Phi) is 5.50. The molecule has 4 rings (SSSR count). The number of aryl methyl sites for hydroxylation is 1. The van der Waals surface area contributed by atoms with E-state index in [-0.39, 0.29) is 18.5 Å². The molecular weight excluding hydrogens is 376 g/mol. The van der Waals surface area contributed by atoms with E-state index < -0.39 is 0 Å². The molecule has 0 bridgehead atoms. The molecule has 1 aliphatic heterocycles. The number of ether oxygens (including phenoxy) is 1. The molecule has 1 heterocycles. The Morgan fingerprint density at radius 3 is 2.63 bits per heavy atom. The van der Waals surface area contributed by atoms with E-state index in [1.807, 2.05) is 53.4 Å². The van der Waals surface area contributed by atoms with Crippen LogP contribution < -0.4 is 16.0 Å². The van der Waals surface area contributed by atoms with Gasteiger partial charge in [0.15, 0.2) is 0 Å². The van der Waals surface area contributed by atoms with Crippen LogP contribution in [0.4, 0.5) is 5.69 Å². The van der Waals surface area contributed by atoms with Gasteiger partial charge in [-0.2, -0.15) is 0 Å². The molecule has 6 heteroatoms. The van der Waals surface area contributed by atoms with Crippen LogP contribution in [0.5, 0.6) is 5.75 Å². The topological polar surface area (TPSA) is 80.0 Å². The lowest BCUT2D eigenvalue weighted by Crippen LogP contribution is -2.46. The van der Waals surface area contributed by atoms with Crippen molar-refractivity contribution in [2.24, 2.45) is 10.8 Å². The van der Waals surface area contributed by atoms with Crippen LogP contribution in [0.1, 0.15) is 28.3 Å². The third-order valence-electron chi connectivity index (χ3n) is 5.21. The van der Waals surface area contributed by atoms with E-state index >= 15 is 0 Å². The quantitative estimate of drug-likeness (QED) is 0.390. The Morgan fingerprint density at radius 1 is 1.10 bits per heavy atom. The molecule has 0 saturated carbocycles. The maximum absolute atomic E-state index is 12.4. The minimum atomic E-state index is -0.289. The molecule has 0 aromatic heterocycles. The fourth-order valence-corrected chi connectivity index (χ4v) is 3.82. The number of nitrogens with two attached hydrogens (primary N) is 1. The average molecular weight is 400 g/mol. The molecule has 3 N–H and O–H groups in total. The molecule has 1 amide bonds. The normalized spacial score (nSPS) is 15.2. The van der Waals surface area contributed by atoms with Crippen molar-refractivity contribution in [3.63, 3.8) is 0 Å². The van der Waals surface area contributed by atoms with Crippen LogP contribution in [0.25, 0.3) is 0 Å². The van der Waals surface area contributed by atoms with E-state index in [4.69, 9.17) is 15.6 Å². The number of hydrogen-bond donors (Lipinski definition) is 2. The van der Waals surface area contributed by atoms with Crippen molar-refractivity contribution in [1.29, 1.82) is 0 Å². The van der Waals surface area contributed by atoms with Crippen molar-refractivity contribution in [3.8, 4) is 5.75 Å². The number of fused-ring (bicyclic) bond motifs is 1. The molecule has 3 aromatic rings. The third kappa shape index (κ3) is 3.77. The van der Waals surface area contributed by atoms with E-state index in [2.05, 4.69) is 36.6 Å². The highest BCUT2D eigenvalue weighted by atomic mass is 16.5. The Bertz CT molecular complexity index is 1100. The summed E-state index contributed by atoms with van der Waals surface area (Å²) in [6.07, 6.45) is 0. The maximum atomic E-state index is 12.4. The molecule has 6 nitrogen and oxygen atoms in total. The van der Waals surface area contributed by atoms with E-state index in [9.17, 15) is 4.79 Å². The van der Waals surface area contributed by atoms with Crippen LogP contribution in [0.15, 0.2) is 77.8 Å². The van der Waals surface area contributed by atoms with Crippen LogP contribution >= 0.6 is 0 Å². The fourth-order valence-electron chi connectivity index (χ4n) is 3.82. The van der Waals surface area contributed by atoms with Crippen molar-refractivity contribution in [1.82, 2.24) is 10.3 Å². The summed E-state index contributed by atoms with van der Waals surface area (Å²) in [5.41, 5.74) is 7.27. The van der Waals surface area contributed by atoms with Crippen LogP contribution in [0.3, 0.4) is 0 Å². The summed E-state index contributed by atoms with van der Waals surface area (Å²) >= 11 is 0. The maximum Gasteiger partial charge on any atom is 0.253 e. The van der Waals surface area contributed by atoms with Crippen molar-refractivity contribution in [3.05, 3.63) is 95.1 Å². The van der Waals surface area contributed by atoms with Gasteiger partial charge >= 0.3 is 0 Å². The number of carbonyl (C=O) groups is 1. The number of methoxy groups -OCH3 is 1. The Balaban J connectivity index is 1.94. The number of amides is 1. The van der Waals surface area contributed by atoms with Crippen LogP contribution in [-0.2, 0) is 4.79 Å². The first-order valence-corrected chi connectivity index (χ1v) is 9.75. The minimum Gasteiger partial charge on any atom is -0.497 e. The summed E-state index contributed by atoms with van der Waals surface area (Å²) in [6, 6.07) is 23.8. The first-order valence-electron chi connectivity index (χ1n) is 9.75. The Morgan fingerprint density at radius 2 is 1.90 bits per heavy atom. The average Bonchev–Trinajstić information content (AvgIpc) is 2.79. The zero-order valence-corrected chi connectivity index (χ0v) is 17.0. The zero-order chi connectivity index (χ0) is 21.1. The van der Waals surface area contributed by atoms with E-state index in [1.165, 1.54) is 0 Å². The minimum absolute atomic E-state index is 0.0689. The van der Waals surface area contributed by atoms with Gasteiger partial charge < -0.3 is 9.64 Å². The van der Waals surface area contributed by atoms with Gasteiger partial charge in [-0.1, -0.05) is 60.2 Å². The monoisotopic (exact) mass is 400 g/mol. The number of rotatable bonds is 5. The van der Waals surface area contributed by atoms with Gasteiger partial charge in [-0.05, 0) is 30.7 Å². The van der Waals surface area contributed by atoms with Gasteiger partial charge in [0.1, 0.15) is 18.1 Å². The van der Waals surface area contributed by atoms with E-state index in [0.717, 1.165) is 33.7 Å². The number of carbonyl (C=O) groups excluding carboxylic acids is 1. The first kappa shape index (κ1) is 19.7. The molecule has 1 atom stereocenters. The second-order valence-corrected chi connectivity index (χ2v) is 7.24. The summed E-state index contributed by atoms with van der Waals surface area (Å²) in [5.74, 6) is 6.57. The third-order valence-corrected chi connectivity index (χ3v) is 5.21. The number of nitrogens with zero attached hydrogens (tertiary/aromatic N) is 2. The van der Waals surface area contributed by atoms with Gasteiger partial charge in [0.05, 0.1) is 18.8 Å². The molecule has 3 aromatic carbocycles. The zero-order valence-electron chi connectivity index (χ0n) is 17.0. The first-order chi connectivity index (χ1) is 14.6. The van der Waals surface area contributed by atoms with Crippen LogP contribution in [-0.4, -0.2) is 30.3 Å². The lowest BCUT2D eigenvalue weighted by Gasteiger charge is -2.38. The summed E-state index contributed by atoms with van der Waals surface area (Å²) in [4.78, 5) is 19.3. The van der Waals surface area contributed by atoms with E-state index in [1.54, 1.807) is 7.11 Å². The largest absolute Gasteiger partial charge is 0.497 e. The molecule has 0 fully saturated rings. The SMILES string of the molecule is COc1cccc(C2=Nc3ccc(C)cc3[C@@H](c3ccccc3)N2CC(=O)NN)c1. The summed E-state index contributed by atoms with van der Waals surface area (Å²) in [7, 11) is 1.63. The molecule has 0 aliphatic carbocycles. The molecule has 152 valence electrons. The van der Waals surface area contributed by atoms with Gasteiger partial charge in [-0.25, -0.2) is 10.8 Å². The number of benzene rings is 3. The van der Waals surface area contributed by atoms with Crippen LogP contribution in [0, 0.1) is 6.92 Å². The van der Waals surface area contributed by atoms with Gasteiger partial charge in [0, 0.05) is 11.1 Å². The van der Waals surface area contributed by atoms with Gasteiger partial charge in [-0.15, -0.1) is 0 Å². The summed E-state index contributed by atoms with van der Waals surface area (Å²) in [6.45, 7) is 2.13. The van der Waals surface area contributed by atoms with Crippen molar-refractivity contribution in [2.45, 2.75) is 13.0 Å². The number of hydrogen-bond acceptors (Lipinski definition) is 5. The highest BCUT2D eigenvalue weighted by molar-refractivity contribution is 6.04. The smallest absolute Gasteiger partial charge is 0.253 e. The second-order valence-electron chi connectivity index (χ2n) is 7.24. The number of aliphatic imine (C=N–C) groups is 1. The molecular formula is C24H24N4O2. The Labute approximate surface area is 176 Å².